The Kier molecular flexibility index (Phi) is 5.26. The molecule has 0 saturated heterocycles. The molecule has 0 N–H and O–H groups in total. The standard InChI is InChI=1S/C27H18ClN3/c28-27-30-25(22-10-5-2-6-11-22)29-26(31-27)24-13-7-12-23(18-24)21-16-14-20(15-17-21)19-8-3-1-4-9-19/h1-18H. The smallest absolute Gasteiger partial charge is 0.208 e. The van der Waals surface area contributed by atoms with Crippen molar-refractivity contribution in [1.82, 2.24) is 15.0 Å². The minimum absolute atomic E-state index is 0.182. The van der Waals surface area contributed by atoms with Gasteiger partial charge in [0.15, 0.2) is 11.6 Å². The van der Waals surface area contributed by atoms with Crippen molar-refractivity contribution >= 4 is 11.6 Å². The van der Waals surface area contributed by atoms with Gasteiger partial charge in [-0.25, -0.2) is 4.98 Å². The molecule has 1 aromatic heterocycles. The van der Waals surface area contributed by atoms with Crippen LogP contribution in [-0.2, 0) is 0 Å². The van der Waals surface area contributed by atoms with Crippen LogP contribution in [0.15, 0.2) is 109 Å². The number of rotatable bonds is 4. The molecule has 148 valence electrons. The van der Waals surface area contributed by atoms with Crippen LogP contribution >= 0.6 is 11.6 Å². The maximum absolute atomic E-state index is 6.22. The summed E-state index contributed by atoms with van der Waals surface area (Å²) in [5.74, 6) is 1.12. The lowest BCUT2D eigenvalue weighted by atomic mass is 9.99. The summed E-state index contributed by atoms with van der Waals surface area (Å²) < 4.78 is 0. The fraction of sp³-hybridized carbons (Fsp3) is 0. The van der Waals surface area contributed by atoms with Crippen LogP contribution in [0.4, 0.5) is 0 Å². The van der Waals surface area contributed by atoms with Gasteiger partial charge >= 0.3 is 0 Å². The first-order chi connectivity index (χ1) is 15.3. The van der Waals surface area contributed by atoms with Crippen molar-refractivity contribution < 1.29 is 0 Å². The molecule has 0 bridgehead atoms. The van der Waals surface area contributed by atoms with E-state index in [2.05, 4.69) is 75.6 Å². The predicted molar refractivity (Wildman–Crippen MR) is 127 cm³/mol. The summed E-state index contributed by atoms with van der Waals surface area (Å²) in [4.78, 5) is 13.3. The highest BCUT2D eigenvalue weighted by atomic mass is 35.5. The van der Waals surface area contributed by atoms with E-state index < -0.39 is 0 Å². The lowest BCUT2D eigenvalue weighted by Gasteiger charge is -2.08. The maximum Gasteiger partial charge on any atom is 0.226 e. The molecule has 0 aliphatic carbocycles. The van der Waals surface area contributed by atoms with Crippen molar-refractivity contribution in [1.29, 1.82) is 0 Å². The second-order valence-corrected chi connectivity index (χ2v) is 7.48. The first-order valence-electron chi connectivity index (χ1n) is 9.99. The zero-order chi connectivity index (χ0) is 21.0. The molecule has 4 aromatic carbocycles. The summed E-state index contributed by atoms with van der Waals surface area (Å²) in [6.07, 6.45) is 0. The van der Waals surface area contributed by atoms with Crippen LogP contribution in [0.3, 0.4) is 0 Å². The number of hydrogen-bond acceptors (Lipinski definition) is 3. The Balaban J connectivity index is 1.49. The van der Waals surface area contributed by atoms with Gasteiger partial charge < -0.3 is 0 Å². The van der Waals surface area contributed by atoms with Crippen LogP contribution in [0.1, 0.15) is 0 Å². The van der Waals surface area contributed by atoms with Gasteiger partial charge in [0, 0.05) is 11.1 Å². The van der Waals surface area contributed by atoms with Crippen LogP contribution in [0.25, 0.3) is 45.0 Å². The molecule has 0 fully saturated rings. The van der Waals surface area contributed by atoms with E-state index >= 15 is 0 Å². The Morgan fingerprint density at radius 2 is 0.839 bits per heavy atom. The summed E-state index contributed by atoms with van der Waals surface area (Å²) in [6, 6.07) is 36.9. The second kappa shape index (κ2) is 8.50. The normalized spacial score (nSPS) is 10.7. The molecular formula is C27H18ClN3. The van der Waals surface area contributed by atoms with E-state index in [0.29, 0.717) is 11.6 Å². The van der Waals surface area contributed by atoms with E-state index in [0.717, 1.165) is 22.3 Å². The topological polar surface area (TPSA) is 38.7 Å². The summed E-state index contributed by atoms with van der Waals surface area (Å²) in [5.41, 5.74) is 6.42. The van der Waals surface area contributed by atoms with Crippen molar-refractivity contribution in [3.05, 3.63) is 114 Å². The molecule has 5 rings (SSSR count). The Morgan fingerprint density at radius 1 is 0.387 bits per heavy atom. The van der Waals surface area contributed by atoms with Gasteiger partial charge in [0.25, 0.3) is 0 Å². The van der Waals surface area contributed by atoms with Crippen LogP contribution in [0, 0.1) is 0 Å². The summed E-state index contributed by atoms with van der Waals surface area (Å²) >= 11 is 6.22. The van der Waals surface area contributed by atoms with Gasteiger partial charge in [-0.1, -0.05) is 103 Å². The summed E-state index contributed by atoms with van der Waals surface area (Å²) in [5, 5.41) is 0.182. The Bertz CT molecular complexity index is 1320. The Labute approximate surface area is 186 Å². The molecule has 1 heterocycles. The largest absolute Gasteiger partial charge is 0.226 e. The Hall–Kier alpha value is -3.82. The number of benzene rings is 4. The van der Waals surface area contributed by atoms with E-state index in [1.165, 1.54) is 11.1 Å². The van der Waals surface area contributed by atoms with Gasteiger partial charge in [-0.15, -0.1) is 0 Å². The molecule has 0 aliphatic heterocycles. The zero-order valence-electron chi connectivity index (χ0n) is 16.6. The van der Waals surface area contributed by atoms with Crippen molar-refractivity contribution in [2.24, 2.45) is 0 Å². The van der Waals surface area contributed by atoms with Gasteiger partial charge in [0.2, 0.25) is 5.28 Å². The summed E-state index contributed by atoms with van der Waals surface area (Å²) in [7, 11) is 0. The molecule has 3 nitrogen and oxygen atoms in total. The van der Waals surface area contributed by atoms with Gasteiger partial charge in [0.1, 0.15) is 0 Å². The average molecular weight is 420 g/mol. The first kappa shape index (κ1) is 19.2. The van der Waals surface area contributed by atoms with Crippen LogP contribution < -0.4 is 0 Å². The van der Waals surface area contributed by atoms with E-state index in [9.17, 15) is 0 Å². The third-order valence-electron chi connectivity index (χ3n) is 5.09. The van der Waals surface area contributed by atoms with Crippen molar-refractivity contribution in [2.45, 2.75) is 0 Å². The lowest BCUT2D eigenvalue weighted by molar-refractivity contribution is 1.07. The number of halogens is 1. The fourth-order valence-corrected chi connectivity index (χ4v) is 3.68. The third-order valence-corrected chi connectivity index (χ3v) is 5.26. The van der Waals surface area contributed by atoms with Crippen molar-refractivity contribution in [3.8, 4) is 45.0 Å². The Morgan fingerprint density at radius 3 is 1.48 bits per heavy atom. The number of aromatic nitrogens is 3. The monoisotopic (exact) mass is 419 g/mol. The number of nitrogens with zero attached hydrogens (tertiary/aromatic N) is 3. The molecule has 0 unspecified atom stereocenters. The second-order valence-electron chi connectivity index (χ2n) is 7.14. The quantitative estimate of drug-likeness (QED) is 0.309. The molecule has 0 amide bonds. The zero-order valence-corrected chi connectivity index (χ0v) is 17.4. The highest BCUT2D eigenvalue weighted by molar-refractivity contribution is 6.28. The molecule has 31 heavy (non-hydrogen) atoms. The lowest BCUT2D eigenvalue weighted by Crippen LogP contribution is -1.97. The van der Waals surface area contributed by atoms with E-state index in [1.807, 2.05) is 48.5 Å². The molecule has 4 heteroatoms. The molecule has 0 atom stereocenters. The molecule has 0 radical (unpaired) electrons. The maximum atomic E-state index is 6.22. The third kappa shape index (κ3) is 4.23. The van der Waals surface area contributed by atoms with Crippen LogP contribution in [0.5, 0.6) is 0 Å². The van der Waals surface area contributed by atoms with E-state index in [4.69, 9.17) is 11.6 Å². The van der Waals surface area contributed by atoms with Gasteiger partial charge in [-0.05, 0) is 39.9 Å². The minimum atomic E-state index is 0.182. The van der Waals surface area contributed by atoms with E-state index in [-0.39, 0.29) is 5.28 Å². The predicted octanol–water partition coefficient (Wildman–Crippen LogP) is 7.19. The SMILES string of the molecule is Clc1nc(-c2ccccc2)nc(-c2cccc(-c3ccc(-c4ccccc4)cc3)c2)n1. The van der Waals surface area contributed by atoms with Gasteiger partial charge in [-0.3, -0.25) is 0 Å². The average Bonchev–Trinajstić information content (AvgIpc) is 2.85. The van der Waals surface area contributed by atoms with E-state index in [1.54, 1.807) is 0 Å². The van der Waals surface area contributed by atoms with Crippen molar-refractivity contribution in [3.63, 3.8) is 0 Å². The highest BCUT2D eigenvalue weighted by Crippen LogP contribution is 2.28. The van der Waals surface area contributed by atoms with Crippen LogP contribution in [-0.4, -0.2) is 15.0 Å². The van der Waals surface area contributed by atoms with Crippen molar-refractivity contribution in [2.75, 3.05) is 0 Å². The summed E-state index contributed by atoms with van der Waals surface area (Å²) in [6.45, 7) is 0. The molecule has 5 aromatic rings. The highest BCUT2D eigenvalue weighted by Gasteiger charge is 2.10. The van der Waals surface area contributed by atoms with Crippen LogP contribution in [0.2, 0.25) is 5.28 Å². The van der Waals surface area contributed by atoms with Gasteiger partial charge in [0.05, 0.1) is 0 Å². The number of hydrogen-bond donors (Lipinski definition) is 0. The minimum Gasteiger partial charge on any atom is -0.208 e. The fourth-order valence-electron chi connectivity index (χ4n) is 3.52. The first-order valence-corrected chi connectivity index (χ1v) is 10.4. The van der Waals surface area contributed by atoms with Gasteiger partial charge in [-0.2, -0.15) is 9.97 Å². The molecular weight excluding hydrogens is 402 g/mol. The molecule has 0 aliphatic rings. The molecule has 0 saturated carbocycles. The molecule has 0 spiro atoms.